The lowest BCUT2D eigenvalue weighted by molar-refractivity contribution is -0.166. The molecule has 10 heteroatoms. The maximum absolute atomic E-state index is 13.1. The summed E-state index contributed by atoms with van der Waals surface area (Å²) in [5, 5.41) is 0. The fourth-order valence-corrected chi connectivity index (χ4v) is 3.73. The van der Waals surface area contributed by atoms with E-state index < -0.39 is 18.8 Å². The molecule has 0 aromatic heterocycles. The molecule has 2 saturated heterocycles. The zero-order valence-electron chi connectivity index (χ0n) is 16.2. The van der Waals surface area contributed by atoms with E-state index in [-0.39, 0.29) is 48.5 Å². The molecule has 2 aliphatic heterocycles. The van der Waals surface area contributed by atoms with Crippen molar-refractivity contribution in [1.82, 2.24) is 14.7 Å². The van der Waals surface area contributed by atoms with Gasteiger partial charge in [0.25, 0.3) is 5.91 Å². The minimum absolute atomic E-state index is 0.0466. The molecule has 158 valence electrons. The first kappa shape index (κ1) is 21.0. The predicted octanol–water partition coefficient (Wildman–Crippen LogP) is 1.17. The van der Waals surface area contributed by atoms with Gasteiger partial charge in [0.15, 0.2) is 0 Å². The van der Waals surface area contributed by atoms with Crippen molar-refractivity contribution in [3.8, 4) is 5.75 Å². The van der Waals surface area contributed by atoms with Crippen molar-refractivity contribution in [3.63, 3.8) is 0 Å². The monoisotopic (exact) mass is 411 g/mol. The van der Waals surface area contributed by atoms with Gasteiger partial charge >= 0.3 is 6.61 Å². The topological polar surface area (TPSA) is 79.4 Å². The number of piperazine rings is 1. The highest BCUT2D eigenvalue weighted by atomic mass is 19.3. The Balaban J connectivity index is 1.81. The molecule has 2 unspecified atom stereocenters. The number of halogens is 2. The molecule has 8 nitrogen and oxygen atoms in total. The summed E-state index contributed by atoms with van der Waals surface area (Å²) in [7, 11) is 1.53. The fraction of sp³-hybridized carbons (Fsp3) is 0.526. The standard InChI is InChI=1S/C19H23F2N3O5/c1-12-17(26)22(9-10-28-2)11-15-23(8-7-16(25)24(12)15)18(27)13-3-5-14(6-4-13)29-19(20)21/h3-6,12,15,19H,7-11H2,1-2H3. The van der Waals surface area contributed by atoms with E-state index in [0.29, 0.717) is 13.2 Å². The number of carbonyl (C=O) groups excluding carboxylic acids is 3. The van der Waals surface area contributed by atoms with E-state index in [2.05, 4.69) is 4.74 Å². The summed E-state index contributed by atoms with van der Waals surface area (Å²) in [5.41, 5.74) is 0.286. The molecule has 2 heterocycles. The molecule has 0 aliphatic carbocycles. The first-order valence-corrected chi connectivity index (χ1v) is 9.28. The van der Waals surface area contributed by atoms with E-state index >= 15 is 0 Å². The van der Waals surface area contributed by atoms with Crippen LogP contribution in [0.25, 0.3) is 0 Å². The Morgan fingerprint density at radius 2 is 1.93 bits per heavy atom. The normalized spacial score (nSPS) is 22.2. The Labute approximate surface area is 166 Å². The zero-order valence-corrected chi connectivity index (χ0v) is 16.2. The van der Waals surface area contributed by atoms with E-state index in [0.717, 1.165) is 0 Å². The number of benzene rings is 1. The van der Waals surface area contributed by atoms with Crippen LogP contribution in [-0.2, 0) is 14.3 Å². The van der Waals surface area contributed by atoms with Gasteiger partial charge in [-0.2, -0.15) is 8.78 Å². The van der Waals surface area contributed by atoms with Gasteiger partial charge in [-0.15, -0.1) is 0 Å². The molecule has 2 atom stereocenters. The highest BCUT2D eigenvalue weighted by Gasteiger charge is 2.46. The van der Waals surface area contributed by atoms with Crippen molar-refractivity contribution in [2.24, 2.45) is 0 Å². The van der Waals surface area contributed by atoms with E-state index in [9.17, 15) is 23.2 Å². The van der Waals surface area contributed by atoms with Crippen molar-refractivity contribution in [2.45, 2.75) is 32.2 Å². The van der Waals surface area contributed by atoms with Crippen LogP contribution in [0.1, 0.15) is 23.7 Å². The molecule has 1 aromatic rings. The lowest BCUT2D eigenvalue weighted by Crippen LogP contribution is -2.70. The fourth-order valence-electron chi connectivity index (χ4n) is 3.73. The van der Waals surface area contributed by atoms with Gasteiger partial charge in [0.1, 0.15) is 18.0 Å². The van der Waals surface area contributed by atoms with Crippen LogP contribution in [0.4, 0.5) is 8.78 Å². The summed E-state index contributed by atoms with van der Waals surface area (Å²) in [4.78, 5) is 42.7. The molecule has 0 saturated carbocycles. The summed E-state index contributed by atoms with van der Waals surface area (Å²) in [6.07, 6.45) is -0.477. The molecular weight excluding hydrogens is 388 g/mol. The number of nitrogens with zero attached hydrogens (tertiary/aromatic N) is 3. The van der Waals surface area contributed by atoms with Crippen LogP contribution in [-0.4, -0.2) is 84.6 Å². The maximum Gasteiger partial charge on any atom is 0.387 e. The molecule has 3 amide bonds. The van der Waals surface area contributed by atoms with Crippen molar-refractivity contribution in [3.05, 3.63) is 29.8 Å². The van der Waals surface area contributed by atoms with Gasteiger partial charge in [0, 0.05) is 32.2 Å². The van der Waals surface area contributed by atoms with Gasteiger partial charge in [0.2, 0.25) is 11.8 Å². The van der Waals surface area contributed by atoms with Crippen LogP contribution >= 0.6 is 0 Å². The quantitative estimate of drug-likeness (QED) is 0.702. The summed E-state index contributed by atoms with van der Waals surface area (Å²) in [6, 6.07) is 4.71. The number of hydrogen-bond donors (Lipinski definition) is 0. The van der Waals surface area contributed by atoms with Gasteiger partial charge in [-0.1, -0.05) is 0 Å². The highest BCUT2D eigenvalue weighted by molar-refractivity contribution is 5.97. The van der Waals surface area contributed by atoms with Crippen LogP contribution in [0.5, 0.6) is 5.75 Å². The van der Waals surface area contributed by atoms with Crippen LogP contribution in [0.3, 0.4) is 0 Å². The number of ether oxygens (including phenoxy) is 2. The SMILES string of the molecule is COCCN1CC2N(C(=O)c3ccc(OC(F)F)cc3)CCC(=O)N2C(C)C1=O. The van der Waals surface area contributed by atoms with Crippen LogP contribution in [0.2, 0.25) is 0 Å². The van der Waals surface area contributed by atoms with Gasteiger partial charge in [-0.25, -0.2) is 0 Å². The van der Waals surface area contributed by atoms with Gasteiger partial charge in [-0.05, 0) is 31.2 Å². The molecule has 0 bridgehead atoms. The number of alkyl halides is 2. The molecule has 0 radical (unpaired) electrons. The third kappa shape index (κ3) is 4.31. The molecule has 2 fully saturated rings. The van der Waals surface area contributed by atoms with Gasteiger partial charge in [0.05, 0.1) is 13.2 Å². The summed E-state index contributed by atoms with van der Waals surface area (Å²) < 4.78 is 34.0. The largest absolute Gasteiger partial charge is 0.435 e. The average molecular weight is 411 g/mol. The van der Waals surface area contributed by atoms with Crippen LogP contribution in [0.15, 0.2) is 24.3 Å². The second kappa shape index (κ2) is 8.73. The number of fused-ring (bicyclic) bond motifs is 1. The van der Waals surface area contributed by atoms with Crippen molar-refractivity contribution < 1.29 is 32.6 Å². The highest BCUT2D eigenvalue weighted by Crippen LogP contribution is 2.27. The Hall–Kier alpha value is -2.75. The number of methoxy groups -OCH3 is 1. The summed E-state index contributed by atoms with van der Waals surface area (Å²) in [6.45, 7) is -0.184. The van der Waals surface area contributed by atoms with Gasteiger partial charge in [-0.3, -0.25) is 14.4 Å². The molecule has 0 spiro atoms. The Morgan fingerprint density at radius 1 is 1.24 bits per heavy atom. The van der Waals surface area contributed by atoms with Crippen molar-refractivity contribution >= 4 is 17.7 Å². The predicted molar refractivity (Wildman–Crippen MR) is 97.3 cm³/mol. The zero-order chi connectivity index (χ0) is 21.1. The maximum atomic E-state index is 13.1. The molecule has 29 heavy (non-hydrogen) atoms. The lowest BCUT2D eigenvalue weighted by atomic mass is 10.0. The lowest BCUT2D eigenvalue weighted by Gasteiger charge is -2.51. The number of carbonyl (C=O) groups is 3. The van der Waals surface area contributed by atoms with Gasteiger partial charge < -0.3 is 24.2 Å². The van der Waals surface area contributed by atoms with Crippen molar-refractivity contribution in [2.75, 3.05) is 33.4 Å². The van der Waals surface area contributed by atoms with E-state index in [1.165, 1.54) is 36.3 Å². The van der Waals surface area contributed by atoms with E-state index in [1.807, 2.05) is 0 Å². The minimum Gasteiger partial charge on any atom is -0.435 e. The second-order valence-electron chi connectivity index (χ2n) is 6.89. The number of hydrogen-bond acceptors (Lipinski definition) is 5. The van der Waals surface area contributed by atoms with E-state index in [4.69, 9.17) is 4.74 Å². The minimum atomic E-state index is -2.95. The first-order chi connectivity index (χ1) is 13.8. The Morgan fingerprint density at radius 3 is 2.55 bits per heavy atom. The molecule has 1 aromatic carbocycles. The van der Waals surface area contributed by atoms with E-state index in [1.54, 1.807) is 16.7 Å². The summed E-state index contributed by atoms with van der Waals surface area (Å²) in [5.74, 6) is -0.750. The van der Waals surface area contributed by atoms with Crippen molar-refractivity contribution in [1.29, 1.82) is 0 Å². The summed E-state index contributed by atoms with van der Waals surface area (Å²) >= 11 is 0. The number of rotatable bonds is 6. The molecule has 0 N–H and O–H groups in total. The van der Waals surface area contributed by atoms with Crippen LogP contribution < -0.4 is 4.74 Å². The third-order valence-electron chi connectivity index (χ3n) is 5.16. The smallest absolute Gasteiger partial charge is 0.387 e. The second-order valence-corrected chi connectivity index (χ2v) is 6.89. The molecule has 3 rings (SSSR count). The number of amides is 3. The molecule has 2 aliphatic rings. The third-order valence-corrected chi connectivity index (χ3v) is 5.16. The van der Waals surface area contributed by atoms with Crippen LogP contribution in [0, 0.1) is 0 Å². The Bertz CT molecular complexity index is 774. The molecular formula is C19H23F2N3O5. The first-order valence-electron chi connectivity index (χ1n) is 9.28. The average Bonchev–Trinajstić information content (AvgIpc) is 2.69. The Kier molecular flexibility index (Phi) is 6.31.